The first kappa shape index (κ1) is 22.4. The van der Waals surface area contributed by atoms with Gasteiger partial charge >= 0.3 is 0 Å². The number of aromatic nitrogens is 4. The Labute approximate surface area is 200 Å². The Kier molecular flexibility index (Phi) is 6.01. The molecule has 1 atom stereocenters. The monoisotopic (exact) mass is 479 g/mol. The number of para-hydroxylation sites is 1. The van der Waals surface area contributed by atoms with E-state index < -0.39 is 0 Å². The summed E-state index contributed by atoms with van der Waals surface area (Å²) in [4.78, 5) is 28.4. The molecule has 176 valence electrons. The molecule has 34 heavy (non-hydrogen) atoms. The van der Waals surface area contributed by atoms with Gasteiger partial charge in [-0.1, -0.05) is 30.0 Å². The van der Waals surface area contributed by atoms with Gasteiger partial charge in [-0.3, -0.25) is 14.0 Å². The molecule has 2 aromatic carbocycles. The van der Waals surface area contributed by atoms with Gasteiger partial charge in [0.15, 0.2) is 5.16 Å². The number of carbonyl (C=O) groups excluding carboxylic acids is 1. The molecule has 0 N–H and O–H groups in total. The van der Waals surface area contributed by atoms with Gasteiger partial charge in [-0.25, -0.2) is 4.57 Å². The van der Waals surface area contributed by atoms with E-state index in [9.17, 15) is 9.59 Å². The Morgan fingerprint density at radius 2 is 1.91 bits per heavy atom. The highest BCUT2D eigenvalue weighted by Crippen LogP contribution is 2.29. The molecule has 4 aromatic rings. The van der Waals surface area contributed by atoms with Crippen molar-refractivity contribution in [1.29, 1.82) is 0 Å². The number of morpholine rings is 1. The molecular formula is C24H25N5O4S. The number of carbonyl (C=O) groups is 1. The van der Waals surface area contributed by atoms with Crippen LogP contribution in [0.2, 0.25) is 0 Å². The van der Waals surface area contributed by atoms with Gasteiger partial charge in [0.2, 0.25) is 11.7 Å². The quantitative estimate of drug-likeness (QED) is 0.407. The maximum atomic E-state index is 13.6. The van der Waals surface area contributed by atoms with Crippen LogP contribution in [-0.4, -0.2) is 68.6 Å². The summed E-state index contributed by atoms with van der Waals surface area (Å²) >= 11 is 1.33. The molecule has 1 aliphatic rings. The first-order chi connectivity index (χ1) is 16.5. The number of ether oxygens (including phenoxy) is 2. The van der Waals surface area contributed by atoms with Gasteiger partial charge in [-0.2, -0.15) is 0 Å². The van der Waals surface area contributed by atoms with Crippen molar-refractivity contribution in [2.24, 2.45) is 0 Å². The predicted molar refractivity (Wildman–Crippen MR) is 130 cm³/mol. The zero-order chi connectivity index (χ0) is 23.8. The zero-order valence-corrected chi connectivity index (χ0v) is 20.0. The second-order valence-corrected chi connectivity index (χ2v) is 9.46. The summed E-state index contributed by atoms with van der Waals surface area (Å²) in [7, 11) is 1.57. The molecule has 0 saturated carbocycles. The van der Waals surface area contributed by atoms with Crippen molar-refractivity contribution in [2.45, 2.75) is 24.3 Å². The largest absolute Gasteiger partial charge is 0.495 e. The molecule has 1 fully saturated rings. The highest BCUT2D eigenvalue weighted by Gasteiger charge is 2.26. The molecule has 0 spiro atoms. The van der Waals surface area contributed by atoms with Crippen molar-refractivity contribution < 1.29 is 14.3 Å². The van der Waals surface area contributed by atoms with Crippen molar-refractivity contribution in [3.8, 4) is 11.4 Å². The lowest BCUT2D eigenvalue weighted by atomic mass is 10.2. The molecule has 9 nitrogen and oxygen atoms in total. The van der Waals surface area contributed by atoms with Crippen molar-refractivity contribution in [1.82, 2.24) is 24.1 Å². The first-order valence-corrected chi connectivity index (χ1v) is 11.9. The fourth-order valence-electron chi connectivity index (χ4n) is 4.20. The van der Waals surface area contributed by atoms with E-state index in [1.165, 1.54) is 16.3 Å². The smallest absolute Gasteiger partial charge is 0.267 e. The van der Waals surface area contributed by atoms with Gasteiger partial charge in [-0.15, -0.1) is 10.2 Å². The summed E-state index contributed by atoms with van der Waals surface area (Å²) in [6.07, 6.45) is 0. The predicted octanol–water partition coefficient (Wildman–Crippen LogP) is 2.69. The van der Waals surface area contributed by atoms with Crippen LogP contribution in [0.15, 0.2) is 52.4 Å². The topological polar surface area (TPSA) is 91.0 Å². The lowest BCUT2D eigenvalue weighted by Crippen LogP contribution is -2.44. The molecule has 10 heteroatoms. The van der Waals surface area contributed by atoms with Crippen LogP contribution in [0, 0.1) is 6.92 Å². The van der Waals surface area contributed by atoms with E-state index in [2.05, 4.69) is 10.2 Å². The highest BCUT2D eigenvalue weighted by molar-refractivity contribution is 8.00. The minimum atomic E-state index is -0.377. The van der Waals surface area contributed by atoms with E-state index in [1.54, 1.807) is 13.2 Å². The van der Waals surface area contributed by atoms with E-state index >= 15 is 0 Å². The number of benzene rings is 2. The molecular weight excluding hydrogens is 454 g/mol. The summed E-state index contributed by atoms with van der Waals surface area (Å²) in [5, 5.41) is 9.47. The van der Waals surface area contributed by atoms with Crippen LogP contribution in [0.4, 0.5) is 0 Å². The second-order valence-electron chi connectivity index (χ2n) is 8.15. The Morgan fingerprint density at radius 3 is 2.68 bits per heavy atom. The number of hydrogen-bond acceptors (Lipinski definition) is 7. The van der Waals surface area contributed by atoms with Gasteiger partial charge in [0.05, 0.1) is 42.2 Å². The van der Waals surface area contributed by atoms with Crippen molar-refractivity contribution in [3.63, 3.8) is 0 Å². The zero-order valence-electron chi connectivity index (χ0n) is 19.2. The summed E-state index contributed by atoms with van der Waals surface area (Å²) in [6, 6.07) is 13.0. The molecule has 1 saturated heterocycles. The van der Waals surface area contributed by atoms with Crippen LogP contribution >= 0.6 is 11.8 Å². The maximum absolute atomic E-state index is 13.6. The van der Waals surface area contributed by atoms with Crippen LogP contribution in [0.25, 0.3) is 22.4 Å². The summed E-state index contributed by atoms with van der Waals surface area (Å²) in [5.74, 6) is 0.946. The minimum absolute atomic E-state index is 0.0306. The molecule has 0 radical (unpaired) electrons. The molecule has 1 amide bonds. The Hall–Kier alpha value is -3.37. The molecule has 3 heterocycles. The van der Waals surface area contributed by atoms with Crippen molar-refractivity contribution >= 4 is 34.3 Å². The van der Waals surface area contributed by atoms with Crippen LogP contribution in [-0.2, 0) is 9.53 Å². The molecule has 2 aromatic heterocycles. The van der Waals surface area contributed by atoms with Crippen LogP contribution < -0.4 is 10.3 Å². The number of rotatable bonds is 5. The summed E-state index contributed by atoms with van der Waals surface area (Å²) < 4.78 is 14.3. The fourth-order valence-corrected chi connectivity index (χ4v) is 5.14. The number of methoxy groups -OCH3 is 1. The van der Waals surface area contributed by atoms with Gasteiger partial charge < -0.3 is 14.4 Å². The average molecular weight is 480 g/mol. The first-order valence-electron chi connectivity index (χ1n) is 11.1. The van der Waals surface area contributed by atoms with Crippen LogP contribution in [0.1, 0.15) is 12.5 Å². The van der Waals surface area contributed by atoms with Crippen molar-refractivity contribution in [3.05, 3.63) is 58.4 Å². The third-order valence-electron chi connectivity index (χ3n) is 5.92. The van der Waals surface area contributed by atoms with E-state index in [0.29, 0.717) is 59.6 Å². The van der Waals surface area contributed by atoms with Crippen LogP contribution in [0.3, 0.4) is 0 Å². The molecule has 0 bridgehead atoms. The number of nitrogens with zero attached hydrogens (tertiary/aromatic N) is 5. The fraction of sp³-hybridized carbons (Fsp3) is 0.333. The SMILES string of the molecule is COc1ccc(C)cc1-n1c(=O)c2ccccc2n2c(SC(C)C(=O)N3CCOCC3)nnc12. The Balaban J connectivity index is 1.67. The average Bonchev–Trinajstić information content (AvgIpc) is 3.27. The number of amides is 1. The third-order valence-corrected chi connectivity index (χ3v) is 6.95. The van der Waals surface area contributed by atoms with Crippen molar-refractivity contribution in [2.75, 3.05) is 33.4 Å². The van der Waals surface area contributed by atoms with Gasteiger partial charge in [0.25, 0.3) is 5.56 Å². The molecule has 1 unspecified atom stereocenters. The van der Waals surface area contributed by atoms with Crippen LogP contribution in [0.5, 0.6) is 5.75 Å². The Bertz CT molecular complexity index is 1440. The normalized spacial score (nSPS) is 15.1. The Morgan fingerprint density at radius 1 is 1.15 bits per heavy atom. The molecule has 1 aliphatic heterocycles. The van der Waals surface area contributed by atoms with E-state index in [0.717, 1.165) is 5.56 Å². The maximum Gasteiger partial charge on any atom is 0.267 e. The second kappa shape index (κ2) is 9.11. The van der Waals surface area contributed by atoms with Gasteiger partial charge in [0, 0.05) is 13.1 Å². The number of thioether (sulfide) groups is 1. The number of aryl methyl sites for hydroxylation is 1. The summed E-state index contributed by atoms with van der Waals surface area (Å²) in [6.45, 7) is 6.08. The van der Waals surface area contributed by atoms with Gasteiger partial charge in [0.1, 0.15) is 5.75 Å². The third kappa shape index (κ3) is 3.82. The van der Waals surface area contributed by atoms with E-state index in [4.69, 9.17) is 9.47 Å². The highest BCUT2D eigenvalue weighted by atomic mass is 32.2. The molecule has 5 rings (SSSR count). The lowest BCUT2D eigenvalue weighted by molar-refractivity contribution is -0.134. The standard InChI is InChI=1S/C24H25N5O4S/c1-15-8-9-20(32-3)19(14-15)28-22(31)17-6-4-5-7-18(17)29-23(28)25-26-24(29)34-16(2)21(30)27-10-12-33-13-11-27/h4-9,14,16H,10-13H2,1-3H3. The minimum Gasteiger partial charge on any atom is -0.495 e. The number of fused-ring (bicyclic) bond motifs is 3. The van der Waals surface area contributed by atoms with E-state index in [1.807, 2.05) is 59.5 Å². The van der Waals surface area contributed by atoms with Gasteiger partial charge in [-0.05, 0) is 43.7 Å². The van der Waals surface area contributed by atoms with E-state index in [-0.39, 0.29) is 16.7 Å². The molecule has 0 aliphatic carbocycles. The lowest BCUT2D eigenvalue weighted by Gasteiger charge is -2.28. The summed E-state index contributed by atoms with van der Waals surface area (Å²) in [5.41, 5.74) is 2.04. The number of hydrogen-bond donors (Lipinski definition) is 0.